The summed E-state index contributed by atoms with van der Waals surface area (Å²) in [6.07, 6.45) is 0.971. The first-order valence-electron chi connectivity index (χ1n) is 7.70. The van der Waals surface area contributed by atoms with Crippen LogP contribution in [0.25, 0.3) is 10.8 Å². The van der Waals surface area contributed by atoms with Gasteiger partial charge in [0.2, 0.25) is 0 Å². The molecule has 0 bridgehead atoms. The average Bonchev–Trinajstić information content (AvgIpc) is 2.93. The molecule has 0 saturated carbocycles. The molecule has 0 aliphatic heterocycles. The average molecular weight is 319 g/mol. The van der Waals surface area contributed by atoms with E-state index in [4.69, 9.17) is 4.74 Å². The van der Waals surface area contributed by atoms with Crippen LogP contribution in [0.5, 0.6) is 0 Å². The van der Waals surface area contributed by atoms with Gasteiger partial charge in [-0.3, -0.25) is 9.59 Å². The second kappa shape index (κ2) is 5.93. The van der Waals surface area contributed by atoms with Gasteiger partial charge in [0.1, 0.15) is 6.29 Å². The Morgan fingerprint density at radius 3 is 2.62 bits per heavy atom. The first kappa shape index (κ1) is 15.9. The van der Waals surface area contributed by atoms with Crippen molar-refractivity contribution in [3.63, 3.8) is 0 Å². The first-order valence-corrected chi connectivity index (χ1v) is 7.70. The summed E-state index contributed by atoms with van der Waals surface area (Å²) in [7, 11) is 1.27. The van der Waals surface area contributed by atoms with Gasteiger partial charge in [0.25, 0.3) is 0 Å². The van der Waals surface area contributed by atoms with Crippen molar-refractivity contribution in [2.24, 2.45) is 5.41 Å². The van der Waals surface area contributed by atoms with Crippen LogP contribution in [-0.2, 0) is 14.3 Å². The molecule has 0 aromatic heterocycles. The number of fused-ring (bicyclic) bond motifs is 1. The summed E-state index contributed by atoms with van der Waals surface area (Å²) < 4.78 is 4.90. The minimum absolute atomic E-state index is 0.210. The molecule has 2 aromatic rings. The largest absolute Gasteiger partial charge is 0.468 e. The first-order chi connectivity index (χ1) is 11.6. The van der Waals surface area contributed by atoms with E-state index >= 15 is 0 Å². The van der Waals surface area contributed by atoms with Gasteiger partial charge in [-0.15, -0.1) is 0 Å². The molecule has 2 aromatic carbocycles. The summed E-state index contributed by atoms with van der Waals surface area (Å²) in [6.45, 7) is 1.79. The van der Waals surface area contributed by atoms with Gasteiger partial charge in [-0.1, -0.05) is 48.0 Å². The van der Waals surface area contributed by atoms with Crippen LogP contribution in [0.4, 0.5) is 0 Å². The highest BCUT2D eigenvalue weighted by molar-refractivity contribution is 5.91. The monoisotopic (exact) mass is 319 g/mol. The van der Waals surface area contributed by atoms with Gasteiger partial charge < -0.3 is 4.74 Å². The van der Waals surface area contributed by atoms with Crippen LogP contribution in [0, 0.1) is 16.7 Å². The molecule has 4 nitrogen and oxygen atoms in total. The molecule has 0 N–H and O–H groups in total. The molecule has 0 amide bonds. The van der Waals surface area contributed by atoms with E-state index in [1.807, 2.05) is 42.5 Å². The van der Waals surface area contributed by atoms with Crippen molar-refractivity contribution in [1.29, 1.82) is 5.26 Å². The third-order valence-corrected chi connectivity index (χ3v) is 4.82. The second-order valence-corrected chi connectivity index (χ2v) is 6.14. The third-order valence-electron chi connectivity index (χ3n) is 4.82. The Hall–Kier alpha value is -2.93. The maximum absolute atomic E-state index is 12.4. The molecule has 0 spiro atoms. The summed E-state index contributed by atoms with van der Waals surface area (Å²) in [5.41, 5.74) is 0.643. The Bertz CT molecular complexity index is 906. The molecule has 0 fully saturated rings. The number of benzene rings is 2. The van der Waals surface area contributed by atoms with Crippen molar-refractivity contribution in [3.05, 3.63) is 59.2 Å². The van der Waals surface area contributed by atoms with E-state index in [2.05, 4.69) is 6.07 Å². The molecular weight excluding hydrogens is 302 g/mol. The van der Waals surface area contributed by atoms with Crippen LogP contribution in [0.15, 0.2) is 53.6 Å². The second-order valence-electron chi connectivity index (χ2n) is 6.14. The van der Waals surface area contributed by atoms with Crippen molar-refractivity contribution in [2.75, 3.05) is 7.11 Å². The number of methoxy groups -OCH3 is 1. The zero-order valence-electron chi connectivity index (χ0n) is 13.6. The number of carbonyl (C=O) groups excluding carboxylic acids is 2. The Kier molecular flexibility index (Phi) is 3.94. The fourth-order valence-corrected chi connectivity index (χ4v) is 3.68. The summed E-state index contributed by atoms with van der Waals surface area (Å²) in [5.74, 6) is -1.21. The number of nitrogens with zero attached hydrogens (tertiary/aromatic N) is 1. The number of ether oxygens (including phenoxy) is 1. The minimum Gasteiger partial charge on any atom is -0.468 e. The number of nitriles is 1. The van der Waals surface area contributed by atoms with Crippen molar-refractivity contribution in [1.82, 2.24) is 0 Å². The molecule has 3 rings (SSSR count). The lowest BCUT2D eigenvalue weighted by atomic mass is 9.72. The zero-order valence-corrected chi connectivity index (χ0v) is 13.6. The number of hydrogen-bond acceptors (Lipinski definition) is 4. The third kappa shape index (κ3) is 2.21. The van der Waals surface area contributed by atoms with E-state index in [9.17, 15) is 14.9 Å². The molecule has 1 aliphatic rings. The van der Waals surface area contributed by atoms with Crippen LogP contribution in [0.2, 0.25) is 0 Å². The predicted molar refractivity (Wildman–Crippen MR) is 90.1 cm³/mol. The number of hydrogen-bond donors (Lipinski definition) is 0. The lowest BCUT2D eigenvalue weighted by Gasteiger charge is -2.27. The molecule has 2 atom stereocenters. The highest BCUT2D eigenvalue weighted by atomic mass is 16.5. The van der Waals surface area contributed by atoms with Gasteiger partial charge in [-0.2, -0.15) is 5.26 Å². The normalized spacial score (nSPS) is 23.1. The summed E-state index contributed by atoms with van der Waals surface area (Å²) in [5, 5.41) is 11.9. The van der Waals surface area contributed by atoms with Gasteiger partial charge in [0.05, 0.1) is 13.2 Å². The molecule has 0 heterocycles. The molecule has 0 radical (unpaired) electrons. The maximum Gasteiger partial charge on any atom is 0.327 e. The van der Waals surface area contributed by atoms with Gasteiger partial charge in [0, 0.05) is 11.5 Å². The zero-order chi connectivity index (χ0) is 17.3. The van der Waals surface area contributed by atoms with E-state index in [0.717, 1.165) is 28.2 Å². The number of allylic oxidation sites excluding steroid dienone is 2. The molecule has 0 unspecified atom stereocenters. The SMILES string of the molecule is COC(=O)[C@]1(C#N)CC(C)=C(C=O)[C@H]1c1ccc2ccccc2c1. The fraction of sp³-hybridized carbons (Fsp3) is 0.250. The number of esters is 1. The van der Waals surface area contributed by atoms with Crippen molar-refractivity contribution in [3.8, 4) is 6.07 Å². The topological polar surface area (TPSA) is 67.2 Å². The maximum atomic E-state index is 12.4. The van der Waals surface area contributed by atoms with E-state index in [-0.39, 0.29) is 6.42 Å². The molecule has 4 heteroatoms. The highest BCUT2D eigenvalue weighted by Crippen LogP contribution is 2.52. The van der Waals surface area contributed by atoms with E-state index in [1.165, 1.54) is 7.11 Å². The lowest BCUT2D eigenvalue weighted by Crippen LogP contribution is -2.35. The Morgan fingerprint density at radius 2 is 2.00 bits per heavy atom. The quantitative estimate of drug-likeness (QED) is 0.641. The summed E-state index contributed by atoms with van der Waals surface area (Å²) >= 11 is 0. The van der Waals surface area contributed by atoms with Crippen molar-refractivity contribution < 1.29 is 14.3 Å². The molecule has 120 valence electrons. The summed E-state index contributed by atoms with van der Waals surface area (Å²) in [6, 6.07) is 15.8. The number of rotatable bonds is 3. The lowest BCUT2D eigenvalue weighted by molar-refractivity contribution is -0.149. The fourth-order valence-electron chi connectivity index (χ4n) is 3.68. The molecular formula is C20H17NO3. The van der Waals surface area contributed by atoms with Crippen LogP contribution in [0.3, 0.4) is 0 Å². The van der Waals surface area contributed by atoms with Crippen molar-refractivity contribution in [2.45, 2.75) is 19.3 Å². The van der Waals surface area contributed by atoms with Crippen LogP contribution in [-0.4, -0.2) is 19.4 Å². The summed E-state index contributed by atoms with van der Waals surface area (Å²) in [4.78, 5) is 24.1. The molecule has 24 heavy (non-hydrogen) atoms. The van der Waals surface area contributed by atoms with Crippen LogP contribution in [0.1, 0.15) is 24.8 Å². The van der Waals surface area contributed by atoms with E-state index < -0.39 is 17.3 Å². The van der Waals surface area contributed by atoms with Crippen molar-refractivity contribution >= 4 is 23.0 Å². The Labute approximate surface area is 140 Å². The standard InChI is InChI=1S/C20H17NO3/c1-13-10-20(12-21,19(23)24-2)18(17(13)11-22)16-8-7-14-5-3-4-6-15(14)9-16/h3-9,11,18H,10H2,1-2H3/t18-,20+/m1/s1. The smallest absolute Gasteiger partial charge is 0.327 e. The van der Waals surface area contributed by atoms with Gasteiger partial charge in [-0.25, -0.2) is 0 Å². The molecule has 0 saturated heterocycles. The molecule has 1 aliphatic carbocycles. The minimum atomic E-state index is -1.39. The highest BCUT2D eigenvalue weighted by Gasteiger charge is 2.54. The van der Waals surface area contributed by atoms with Gasteiger partial charge in [0.15, 0.2) is 5.41 Å². The number of aldehydes is 1. The van der Waals surface area contributed by atoms with E-state index in [1.54, 1.807) is 6.92 Å². The number of carbonyl (C=O) groups is 2. The van der Waals surface area contributed by atoms with Crippen LogP contribution < -0.4 is 0 Å². The van der Waals surface area contributed by atoms with Gasteiger partial charge in [-0.05, 0) is 29.7 Å². The predicted octanol–water partition coefficient (Wildman–Crippen LogP) is 3.53. The Morgan fingerprint density at radius 1 is 1.29 bits per heavy atom. The van der Waals surface area contributed by atoms with E-state index in [0.29, 0.717) is 5.57 Å². The Balaban J connectivity index is 2.23. The van der Waals surface area contributed by atoms with Crippen LogP contribution >= 0.6 is 0 Å². The van der Waals surface area contributed by atoms with Gasteiger partial charge >= 0.3 is 5.97 Å².